The summed E-state index contributed by atoms with van der Waals surface area (Å²) < 4.78 is 0. The number of ketones is 1. The second-order valence-electron chi connectivity index (χ2n) is 6.76. The van der Waals surface area contributed by atoms with E-state index in [-0.39, 0.29) is 12.0 Å². The third-order valence-corrected chi connectivity index (χ3v) is 5.94. The molecule has 4 nitrogen and oxygen atoms in total. The van der Waals surface area contributed by atoms with Crippen molar-refractivity contribution in [3.63, 3.8) is 0 Å². The standard InChI is InChI=1S/C20H21N3OS/c1-13-10-16-8-9-23(17(18(16)24)11-14(13)2)20-22-19(21-12-25-20)15-6-4-3-5-7-15/h3-9,16-17H,10-12H2,1-2H3. The molecule has 0 saturated heterocycles. The van der Waals surface area contributed by atoms with Crippen molar-refractivity contribution >= 4 is 28.5 Å². The number of Topliss-reactive ketones (excluding diaryl/α,β-unsaturated/α-hetero) is 1. The quantitative estimate of drug-likeness (QED) is 0.718. The maximum atomic E-state index is 12.9. The number of aliphatic imine (C=N–C) groups is 2. The van der Waals surface area contributed by atoms with Crippen molar-refractivity contribution in [3.8, 4) is 0 Å². The SMILES string of the molecule is CC1=C(C)CC2C(=O)C(C=CN2C2=NC(c3ccccc3)=NCS2)C1. The van der Waals surface area contributed by atoms with Crippen molar-refractivity contribution in [2.75, 3.05) is 5.88 Å². The molecule has 2 atom stereocenters. The molecule has 4 rings (SSSR count). The number of amidine groups is 2. The van der Waals surface area contributed by atoms with E-state index in [4.69, 9.17) is 4.99 Å². The van der Waals surface area contributed by atoms with E-state index in [1.54, 1.807) is 11.8 Å². The van der Waals surface area contributed by atoms with Gasteiger partial charge in [0.05, 0.1) is 11.9 Å². The minimum absolute atomic E-state index is 0.00940. The van der Waals surface area contributed by atoms with Crippen LogP contribution < -0.4 is 0 Å². The van der Waals surface area contributed by atoms with Gasteiger partial charge in [0.2, 0.25) is 0 Å². The van der Waals surface area contributed by atoms with Gasteiger partial charge in [0.15, 0.2) is 16.8 Å². The molecular weight excluding hydrogens is 330 g/mol. The first-order valence-electron chi connectivity index (χ1n) is 8.60. The fraction of sp³-hybridized carbons (Fsp3) is 0.350. The molecule has 0 aromatic heterocycles. The summed E-state index contributed by atoms with van der Waals surface area (Å²) in [5, 5.41) is 0.870. The van der Waals surface area contributed by atoms with E-state index >= 15 is 0 Å². The zero-order valence-corrected chi connectivity index (χ0v) is 15.3. The molecule has 128 valence electrons. The van der Waals surface area contributed by atoms with Crippen molar-refractivity contribution in [1.29, 1.82) is 0 Å². The summed E-state index contributed by atoms with van der Waals surface area (Å²) >= 11 is 1.59. The number of rotatable bonds is 1. The predicted molar refractivity (Wildman–Crippen MR) is 104 cm³/mol. The topological polar surface area (TPSA) is 45.0 Å². The molecule has 1 aliphatic carbocycles. The fourth-order valence-corrected chi connectivity index (χ4v) is 4.29. The van der Waals surface area contributed by atoms with Crippen LogP contribution in [0.1, 0.15) is 32.3 Å². The van der Waals surface area contributed by atoms with Crippen LogP contribution in [0.25, 0.3) is 0 Å². The average Bonchev–Trinajstić information content (AvgIpc) is 2.71. The second-order valence-corrected chi connectivity index (χ2v) is 7.67. The smallest absolute Gasteiger partial charge is 0.172 e. The van der Waals surface area contributed by atoms with E-state index in [1.165, 1.54) is 11.1 Å². The molecule has 3 aliphatic rings. The van der Waals surface area contributed by atoms with Crippen LogP contribution in [0.2, 0.25) is 0 Å². The summed E-state index contributed by atoms with van der Waals surface area (Å²) in [6.45, 7) is 4.29. The number of nitrogens with zero attached hydrogens (tertiary/aromatic N) is 3. The van der Waals surface area contributed by atoms with Gasteiger partial charge in [-0.15, -0.1) is 0 Å². The molecule has 2 unspecified atom stereocenters. The Morgan fingerprint density at radius 3 is 2.68 bits per heavy atom. The Morgan fingerprint density at radius 1 is 1.12 bits per heavy atom. The third kappa shape index (κ3) is 3.09. The van der Waals surface area contributed by atoms with E-state index in [0.717, 1.165) is 29.4 Å². The monoisotopic (exact) mass is 351 g/mol. The van der Waals surface area contributed by atoms with Gasteiger partial charge in [-0.2, -0.15) is 0 Å². The number of carbonyl (C=O) groups is 1. The first kappa shape index (κ1) is 16.3. The fourth-order valence-electron chi connectivity index (χ4n) is 3.50. The molecule has 0 saturated carbocycles. The van der Waals surface area contributed by atoms with Gasteiger partial charge < -0.3 is 4.90 Å². The zero-order chi connectivity index (χ0) is 17.4. The molecule has 1 aromatic carbocycles. The third-order valence-electron chi connectivity index (χ3n) is 5.13. The van der Waals surface area contributed by atoms with Gasteiger partial charge in [0.1, 0.15) is 0 Å². The zero-order valence-electron chi connectivity index (χ0n) is 14.5. The summed E-state index contributed by atoms with van der Waals surface area (Å²) in [6, 6.07) is 9.86. The molecule has 0 fully saturated rings. The van der Waals surface area contributed by atoms with Gasteiger partial charge in [0, 0.05) is 17.7 Å². The Morgan fingerprint density at radius 2 is 1.88 bits per heavy atom. The van der Waals surface area contributed by atoms with Gasteiger partial charge in [-0.3, -0.25) is 9.79 Å². The van der Waals surface area contributed by atoms with Crippen LogP contribution >= 0.6 is 11.8 Å². The maximum Gasteiger partial charge on any atom is 0.172 e. The van der Waals surface area contributed by atoms with Gasteiger partial charge in [-0.25, -0.2) is 4.99 Å². The Balaban J connectivity index is 1.68. The molecule has 2 heterocycles. The van der Waals surface area contributed by atoms with Crippen molar-refractivity contribution in [2.45, 2.75) is 32.7 Å². The van der Waals surface area contributed by atoms with Crippen LogP contribution in [0.3, 0.4) is 0 Å². The molecule has 1 aromatic rings. The Hall–Kier alpha value is -2.14. The Labute approximate surface area is 152 Å². The van der Waals surface area contributed by atoms with Crippen LogP contribution in [0, 0.1) is 5.92 Å². The van der Waals surface area contributed by atoms with Crippen molar-refractivity contribution in [2.24, 2.45) is 15.9 Å². The summed E-state index contributed by atoms with van der Waals surface area (Å²) in [5.74, 6) is 1.70. The van der Waals surface area contributed by atoms with Crippen LogP contribution in [0.4, 0.5) is 0 Å². The number of fused-ring (bicyclic) bond motifs is 2. The van der Waals surface area contributed by atoms with Crippen molar-refractivity contribution in [1.82, 2.24) is 4.90 Å². The lowest BCUT2D eigenvalue weighted by atomic mass is 9.91. The van der Waals surface area contributed by atoms with Crippen LogP contribution in [-0.2, 0) is 4.79 Å². The van der Waals surface area contributed by atoms with Crippen molar-refractivity contribution < 1.29 is 4.79 Å². The van der Waals surface area contributed by atoms with Gasteiger partial charge >= 0.3 is 0 Å². The summed E-state index contributed by atoms with van der Waals surface area (Å²) in [7, 11) is 0. The van der Waals surface area contributed by atoms with Crippen LogP contribution in [-0.4, -0.2) is 33.6 Å². The molecule has 0 N–H and O–H groups in total. The van der Waals surface area contributed by atoms with Crippen LogP contribution in [0.5, 0.6) is 0 Å². The first-order valence-corrected chi connectivity index (χ1v) is 9.59. The van der Waals surface area contributed by atoms with E-state index < -0.39 is 0 Å². The lowest BCUT2D eigenvalue weighted by Gasteiger charge is -2.34. The van der Waals surface area contributed by atoms with E-state index in [0.29, 0.717) is 11.7 Å². The number of carbonyl (C=O) groups excluding carboxylic acids is 1. The summed E-state index contributed by atoms with van der Waals surface area (Å²) in [5.41, 5.74) is 3.68. The largest absolute Gasteiger partial charge is 0.317 e. The van der Waals surface area contributed by atoms with Gasteiger partial charge in [-0.05, 0) is 26.7 Å². The van der Waals surface area contributed by atoms with E-state index in [2.05, 4.69) is 29.9 Å². The Kier molecular flexibility index (Phi) is 4.34. The summed E-state index contributed by atoms with van der Waals surface area (Å²) in [6.07, 6.45) is 5.73. The van der Waals surface area contributed by atoms with Gasteiger partial charge in [0.25, 0.3) is 0 Å². The number of hydrogen-bond donors (Lipinski definition) is 0. The molecule has 2 bridgehead atoms. The highest BCUT2D eigenvalue weighted by molar-refractivity contribution is 8.13. The molecule has 2 aliphatic heterocycles. The van der Waals surface area contributed by atoms with Gasteiger partial charge in [-0.1, -0.05) is 59.3 Å². The average molecular weight is 351 g/mol. The highest BCUT2D eigenvalue weighted by Crippen LogP contribution is 2.34. The normalized spacial score (nSPS) is 26.3. The predicted octanol–water partition coefficient (Wildman–Crippen LogP) is 4.01. The molecular formula is C20H21N3OS. The van der Waals surface area contributed by atoms with E-state index in [1.807, 2.05) is 36.4 Å². The number of hydrogen-bond acceptors (Lipinski definition) is 5. The minimum Gasteiger partial charge on any atom is -0.317 e. The molecule has 5 heteroatoms. The van der Waals surface area contributed by atoms with E-state index in [9.17, 15) is 4.79 Å². The minimum atomic E-state index is -0.145. The molecule has 0 spiro atoms. The number of thioether (sulfide) groups is 1. The molecule has 0 radical (unpaired) electrons. The van der Waals surface area contributed by atoms with Crippen molar-refractivity contribution in [3.05, 3.63) is 59.3 Å². The second kappa shape index (κ2) is 6.64. The molecule has 0 amide bonds. The van der Waals surface area contributed by atoms with Crippen LogP contribution in [0.15, 0.2) is 63.7 Å². The highest BCUT2D eigenvalue weighted by Gasteiger charge is 2.38. The first-order chi connectivity index (χ1) is 12.1. The number of benzene rings is 1. The molecule has 25 heavy (non-hydrogen) atoms. The Bertz CT molecular complexity index is 823. The highest BCUT2D eigenvalue weighted by atomic mass is 32.2. The summed E-state index contributed by atoms with van der Waals surface area (Å²) in [4.78, 5) is 24.3. The maximum absolute atomic E-state index is 12.9. The lowest BCUT2D eigenvalue weighted by molar-refractivity contribution is -0.125. The number of allylic oxidation sites excluding steroid dienone is 2. The lowest BCUT2D eigenvalue weighted by Crippen LogP contribution is -2.46.